The maximum absolute atomic E-state index is 12.4. The lowest BCUT2D eigenvalue weighted by Gasteiger charge is -2.07. The zero-order valence-corrected chi connectivity index (χ0v) is 15.7. The highest BCUT2D eigenvalue weighted by Gasteiger charge is 2.12. The Labute approximate surface area is 159 Å². The molecule has 6 heteroatoms. The molecule has 3 aromatic rings. The number of halogens is 1. The first-order chi connectivity index (χ1) is 12.6. The van der Waals surface area contributed by atoms with Gasteiger partial charge < -0.3 is 9.30 Å². The molecule has 5 nitrogen and oxygen atoms in total. The number of terminal acetylenes is 1. The summed E-state index contributed by atoms with van der Waals surface area (Å²) in [6.07, 6.45) is 8.95. The van der Waals surface area contributed by atoms with Crippen molar-refractivity contribution in [3.05, 3.63) is 64.3 Å². The topological polar surface area (TPSA) is 55.6 Å². The van der Waals surface area contributed by atoms with Crippen LogP contribution in [-0.2, 0) is 6.54 Å². The highest BCUT2D eigenvalue weighted by Crippen LogP contribution is 2.23. The quantitative estimate of drug-likeness (QED) is 0.395. The van der Waals surface area contributed by atoms with Crippen LogP contribution in [0.1, 0.15) is 15.9 Å². The average molecular weight is 410 g/mol. The lowest BCUT2D eigenvalue weighted by molar-refractivity contribution is 0.0952. The maximum Gasteiger partial charge on any atom is 0.275 e. The number of hydrogen-bond donors (Lipinski definition) is 1. The van der Waals surface area contributed by atoms with Crippen LogP contribution in [0.15, 0.2) is 58.2 Å². The Morgan fingerprint density at radius 2 is 2.19 bits per heavy atom. The molecule has 0 saturated carbocycles. The predicted molar refractivity (Wildman–Crippen MR) is 107 cm³/mol. The van der Waals surface area contributed by atoms with Crippen LogP contribution < -0.4 is 10.2 Å². The Kier molecular flexibility index (Phi) is 5.40. The third-order valence-electron chi connectivity index (χ3n) is 3.86. The van der Waals surface area contributed by atoms with Crippen molar-refractivity contribution in [1.82, 2.24) is 9.99 Å². The lowest BCUT2D eigenvalue weighted by Crippen LogP contribution is -2.18. The first-order valence-corrected chi connectivity index (χ1v) is 8.61. The standard InChI is InChI=1S/C20H16BrN3O2/c1-3-10-24-13-14(16-6-4-5-7-18(16)24)12-22-23-20(25)17-11-15(21)8-9-19(17)26-2/h1,4-9,11-13H,10H2,2H3,(H,23,25)/b22-12-. The number of benzene rings is 2. The minimum atomic E-state index is -0.355. The van der Waals surface area contributed by atoms with E-state index in [1.54, 1.807) is 24.4 Å². The number of ether oxygens (including phenoxy) is 1. The molecule has 130 valence electrons. The minimum absolute atomic E-state index is 0.355. The third-order valence-corrected chi connectivity index (χ3v) is 4.35. The summed E-state index contributed by atoms with van der Waals surface area (Å²) in [6, 6.07) is 13.1. The van der Waals surface area contributed by atoms with Gasteiger partial charge in [0, 0.05) is 27.1 Å². The molecule has 1 amide bonds. The van der Waals surface area contributed by atoms with Gasteiger partial charge in [-0.2, -0.15) is 5.10 Å². The highest BCUT2D eigenvalue weighted by molar-refractivity contribution is 9.10. The van der Waals surface area contributed by atoms with Crippen LogP contribution in [0.2, 0.25) is 0 Å². The monoisotopic (exact) mass is 409 g/mol. The number of hydrazone groups is 1. The van der Waals surface area contributed by atoms with Crippen molar-refractivity contribution < 1.29 is 9.53 Å². The van der Waals surface area contributed by atoms with Crippen LogP contribution in [0.4, 0.5) is 0 Å². The van der Waals surface area contributed by atoms with Crippen LogP contribution in [-0.4, -0.2) is 23.8 Å². The highest BCUT2D eigenvalue weighted by atomic mass is 79.9. The number of amides is 1. The normalized spacial score (nSPS) is 10.8. The number of rotatable bonds is 5. The van der Waals surface area contributed by atoms with E-state index >= 15 is 0 Å². The summed E-state index contributed by atoms with van der Waals surface area (Å²) >= 11 is 3.35. The second kappa shape index (κ2) is 7.89. The van der Waals surface area contributed by atoms with Crippen LogP contribution in [0.3, 0.4) is 0 Å². The van der Waals surface area contributed by atoms with Gasteiger partial charge in [-0.15, -0.1) is 6.42 Å². The number of para-hydroxylation sites is 1. The van der Waals surface area contributed by atoms with Crippen LogP contribution in [0.25, 0.3) is 10.9 Å². The van der Waals surface area contributed by atoms with Crippen molar-refractivity contribution in [3.63, 3.8) is 0 Å². The fraction of sp³-hybridized carbons (Fsp3) is 0.100. The number of aromatic nitrogens is 1. The Morgan fingerprint density at radius 1 is 1.38 bits per heavy atom. The van der Waals surface area contributed by atoms with Gasteiger partial charge in [-0.25, -0.2) is 5.43 Å². The van der Waals surface area contributed by atoms with E-state index in [1.165, 1.54) is 7.11 Å². The molecule has 26 heavy (non-hydrogen) atoms. The van der Waals surface area contributed by atoms with Crippen molar-refractivity contribution in [2.45, 2.75) is 6.54 Å². The number of carbonyl (C=O) groups is 1. The summed E-state index contributed by atoms with van der Waals surface area (Å²) in [4.78, 5) is 12.4. The molecule has 0 radical (unpaired) electrons. The van der Waals surface area contributed by atoms with Gasteiger partial charge in [0.2, 0.25) is 0 Å². The van der Waals surface area contributed by atoms with Crippen LogP contribution in [0.5, 0.6) is 5.75 Å². The fourth-order valence-corrected chi connectivity index (χ4v) is 3.05. The maximum atomic E-state index is 12.4. The zero-order chi connectivity index (χ0) is 18.5. The van der Waals surface area contributed by atoms with E-state index in [0.717, 1.165) is 20.9 Å². The molecule has 0 atom stereocenters. The van der Waals surface area contributed by atoms with E-state index in [-0.39, 0.29) is 5.91 Å². The molecule has 0 aliphatic heterocycles. The molecule has 0 bridgehead atoms. The second-order valence-corrected chi connectivity index (χ2v) is 6.39. The minimum Gasteiger partial charge on any atom is -0.496 e. The van der Waals surface area contributed by atoms with Gasteiger partial charge in [0.1, 0.15) is 5.75 Å². The van der Waals surface area contributed by atoms with Gasteiger partial charge >= 0.3 is 0 Å². The van der Waals surface area contributed by atoms with Crippen molar-refractivity contribution in [1.29, 1.82) is 0 Å². The second-order valence-electron chi connectivity index (χ2n) is 5.48. The smallest absolute Gasteiger partial charge is 0.275 e. The molecule has 0 fully saturated rings. The number of nitrogens with zero attached hydrogens (tertiary/aromatic N) is 2. The molecule has 0 unspecified atom stereocenters. The molecule has 0 saturated heterocycles. The molecule has 1 heterocycles. The molecule has 0 aliphatic rings. The summed E-state index contributed by atoms with van der Waals surface area (Å²) in [5.41, 5.74) is 4.83. The number of fused-ring (bicyclic) bond motifs is 1. The summed E-state index contributed by atoms with van der Waals surface area (Å²) in [7, 11) is 1.52. The van der Waals surface area contributed by atoms with Gasteiger partial charge in [-0.05, 0) is 24.3 Å². The first kappa shape index (κ1) is 17.8. The molecule has 0 aliphatic carbocycles. The number of hydrogen-bond acceptors (Lipinski definition) is 3. The third kappa shape index (κ3) is 3.63. The number of carbonyl (C=O) groups excluding carboxylic acids is 1. The molecule has 3 rings (SSSR count). The van der Waals surface area contributed by atoms with Crippen molar-refractivity contribution in [2.24, 2.45) is 5.10 Å². The Hall–Kier alpha value is -3.04. The van der Waals surface area contributed by atoms with Crippen molar-refractivity contribution in [3.8, 4) is 18.1 Å². The van der Waals surface area contributed by atoms with Crippen LogP contribution >= 0.6 is 15.9 Å². The van der Waals surface area contributed by atoms with Gasteiger partial charge in [-0.3, -0.25) is 4.79 Å². The van der Waals surface area contributed by atoms with E-state index in [9.17, 15) is 4.79 Å². The predicted octanol–water partition coefficient (Wildman–Crippen LogP) is 3.81. The molecule has 1 N–H and O–H groups in total. The van der Waals surface area contributed by atoms with E-state index in [4.69, 9.17) is 11.2 Å². The summed E-state index contributed by atoms with van der Waals surface area (Å²) in [5.74, 6) is 2.76. The molecule has 2 aromatic carbocycles. The molecule has 1 aromatic heterocycles. The van der Waals surface area contributed by atoms with Gasteiger partial charge in [0.05, 0.1) is 25.4 Å². The van der Waals surface area contributed by atoms with E-state index in [2.05, 4.69) is 32.4 Å². The molecular weight excluding hydrogens is 394 g/mol. The summed E-state index contributed by atoms with van der Waals surface area (Å²) < 4.78 is 7.97. The summed E-state index contributed by atoms with van der Waals surface area (Å²) in [6.45, 7) is 0.468. The Balaban J connectivity index is 1.83. The first-order valence-electron chi connectivity index (χ1n) is 7.82. The lowest BCUT2D eigenvalue weighted by atomic mass is 10.2. The SMILES string of the molecule is C#CCn1cc(/C=N\NC(=O)c2cc(Br)ccc2OC)c2ccccc21. The van der Waals surface area contributed by atoms with Crippen molar-refractivity contribution >= 4 is 39.0 Å². The van der Waals surface area contributed by atoms with Crippen LogP contribution in [0, 0.1) is 12.3 Å². The summed E-state index contributed by atoms with van der Waals surface area (Å²) in [5, 5.41) is 5.10. The Morgan fingerprint density at radius 3 is 2.96 bits per heavy atom. The molecular formula is C20H16BrN3O2. The number of methoxy groups -OCH3 is 1. The van der Waals surface area contributed by atoms with Gasteiger partial charge in [-0.1, -0.05) is 40.0 Å². The van der Waals surface area contributed by atoms with Gasteiger partial charge in [0.15, 0.2) is 0 Å². The molecule has 0 spiro atoms. The van der Waals surface area contributed by atoms with E-state index < -0.39 is 0 Å². The average Bonchev–Trinajstić information content (AvgIpc) is 3.00. The number of nitrogens with one attached hydrogen (secondary N) is 1. The fourth-order valence-electron chi connectivity index (χ4n) is 2.69. The zero-order valence-electron chi connectivity index (χ0n) is 14.1. The van der Waals surface area contributed by atoms with Gasteiger partial charge in [0.25, 0.3) is 5.91 Å². The van der Waals surface area contributed by atoms with Crippen molar-refractivity contribution in [2.75, 3.05) is 7.11 Å². The van der Waals surface area contributed by atoms with E-state index in [0.29, 0.717) is 17.9 Å². The van der Waals surface area contributed by atoms with E-state index in [1.807, 2.05) is 35.0 Å². The Bertz CT molecular complexity index is 1030. The largest absolute Gasteiger partial charge is 0.496 e.